The lowest BCUT2D eigenvalue weighted by molar-refractivity contribution is -0.118. The SMILES string of the molecule is CC(=O)[C@H]1C[C@@H]1c1cccc(Cl)c1Cl. The first-order valence-electron chi connectivity index (χ1n) is 4.55. The minimum Gasteiger partial charge on any atom is -0.300 e. The summed E-state index contributed by atoms with van der Waals surface area (Å²) in [5.74, 6) is 0.690. The summed E-state index contributed by atoms with van der Waals surface area (Å²) in [5, 5.41) is 1.17. The van der Waals surface area contributed by atoms with Crippen molar-refractivity contribution >= 4 is 29.0 Å². The van der Waals surface area contributed by atoms with E-state index in [-0.39, 0.29) is 11.7 Å². The van der Waals surface area contributed by atoms with E-state index in [1.54, 1.807) is 13.0 Å². The average Bonchev–Trinajstić information content (AvgIpc) is 2.89. The Morgan fingerprint density at radius 3 is 2.71 bits per heavy atom. The van der Waals surface area contributed by atoms with Crippen LogP contribution in [0.3, 0.4) is 0 Å². The molecule has 2 atom stereocenters. The smallest absolute Gasteiger partial charge is 0.133 e. The van der Waals surface area contributed by atoms with Gasteiger partial charge in [0, 0.05) is 5.92 Å². The van der Waals surface area contributed by atoms with E-state index < -0.39 is 0 Å². The van der Waals surface area contributed by atoms with Crippen molar-refractivity contribution in [2.45, 2.75) is 19.3 Å². The second-order valence-corrected chi connectivity index (χ2v) is 4.49. The molecule has 2 rings (SSSR count). The van der Waals surface area contributed by atoms with Gasteiger partial charge in [-0.3, -0.25) is 4.79 Å². The molecule has 1 nitrogen and oxygen atoms in total. The minimum absolute atomic E-state index is 0.158. The molecule has 1 saturated carbocycles. The van der Waals surface area contributed by atoms with E-state index in [0.29, 0.717) is 16.0 Å². The van der Waals surface area contributed by atoms with Crippen molar-refractivity contribution in [2.24, 2.45) is 5.92 Å². The third-order valence-electron chi connectivity index (χ3n) is 2.69. The summed E-state index contributed by atoms with van der Waals surface area (Å²) >= 11 is 12.0. The fraction of sp³-hybridized carbons (Fsp3) is 0.364. The molecule has 0 bridgehead atoms. The lowest BCUT2D eigenvalue weighted by Gasteiger charge is -2.03. The molecular formula is C11H10Cl2O. The van der Waals surface area contributed by atoms with Crippen molar-refractivity contribution in [3.8, 4) is 0 Å². The van der Waals surface area contributed by atoms with Crippen LogP contribution in [0.1, 0.15) is 24.8 Å². The summed E-state index contributed by atoms with van der Waals surface area (Å²) in [4.78, 5) is 11.1. The first-order valence-corrected chi connectivity index (χ1v) is 5.31. The molecule has 0 N–H and O–H groups in total. The van der Waals surface area contributed by atoms with Gasteiger partial charge in [-0.05, 0) is 30.9 Å². The van der Waals surface area contributed by atoms with Gasteiger partial charge in [-0.2, -0.15) is 0 Å². The lowest BCUT2D eigenvalue weighted by Crippen LogP contribution is -1.95. The lowest BCUT2D eigenvalue weighted by atomic mass is 10.1. The van der Waals surface area contributed by atoms with E-state index in [9.17, 15) is 4.79 Å². The zero-order chi connectivity index (χ0) is 10.3. The molecule has 0 radical (unpaired) electrons. The third-order valence-corrected chi connectivity index (χ3v) is 3.53. The predicted molar refractivity (Wildman–Crippen MR) is 58.0 cm³/mol. The van der Waals surface area contributed by atoms with E-state index in [1.807, 2.05) is 12.1 Å². The van der Waals surface area contributed by atoms with Crippen LogP contribution >= 0.6 is 23.2 Å². The molecule has 14 heavy (non-hydrogen) atoms. The van der Waals surface area contributed by atoms with Crippen LogP contribution < -0.4 is 0 Å². The van der Waals surface area contributed by atoms with Crippen LogP contribution in [0, 0.1) is 5.92 Å². The monoisotopic (exact) mass is 228 g/mol. The molecule has 0 saturated heterocycles. The number of hydrogen-bond acceptors (Lipinski definition) is 1. The Morgan fingerprint density at radius 1 is 1.43 bits per heavy atom. The number of carbonyl (C=O) groups is 1. The van der Waals surface area contributed by atoms with Gasteiger partial charge in [-0.1, -0.05) is 35.3 Å². The highest BCUT2D eigenvalue weighted by molar-refractivity contribution is 6.42. The highest BCUT2D eigenvalue weighted by Crippen LogP contribution is 2.50. The molecule has 1 fully saturated rings. The summed E-state index contributed by atoms with van der Waals surface area (Å²) < 4.78 is 0. The number of rotatable bonds is 2. The maximum Gasteiger partial charge on any atom is 0.133 e. The number of ketones is 1. The van der Waals surface area contributed by atoms with Gasteiger partial charge in [0.2, 0.25) is 0 Å². The Morgan fingerprint density at radius 2 is 2.14 bits per heavy atom. The maximum atomic E-state index is 11.1. The normalized spacial score (nSPS) is 24.8. The standard InChI is InChI=1S/C11H10Cl2O/c1-6(14)8-5-9(8)7-3-2-4-10(12)11(7)13/h2-4,8-9H,5H2,1H3/t8-,9-/m1/s1. The predicted octanol–water partition coefficient (Wildman–Crippen LogP) is 3.69. The van der Waals surface area contributed by atoms with Crippen LogP contribution in [-0.2, 0) is 4.79 Å². The van der Waals surface area contributed by atoms with Gasteiger partial charge in [0.1, 0.15) is 5.78 Å². The molecule has 1 aliphatic rings. The van der Waals surface area contributed by atoms with Gasteiger partial charge in [0.05, 0.1) is 10.0 Å². The first kappa shape index (κ1) is 10.0. The Hall–Kier alpha value is -0.530. The fourth-order valence-corrected chi connectivity index (χ4v) is 2.24. The zero-order valence-electron chi connectivity index (χ0n) is 7.76. The summed E-state index contributed by atoms with van der Waals surface area (Å²) in [6.07, 6.45) is 0.912. The second-order valence-electron chi connectivity index (χ2n) is 3.70. The highest BCUT2D eigenvalue weighted by Gasteiger charge is 2.42. The zero-order valence-corrected chi connectivity index (χ0v) is 9.27. The molecular weight excluding hydrogens is 219 g/mol. The molecule has 0 aliphatic heterocycles. The summed E-state index contributed by atoms with van der Waals surface area (Å²) in [6.45, 7) is 1.63. The molecule has 1 aromatic rings. The van der Waals surface area contributed by atoms with Crippen molar-refractivity contribution in [1.29, 1.82) is 0 Å². The van der Waals surface area contributed by atoms with Crippen molar-refractivity contribution in [3.63, 3.8) is 0 Å². The number of carbonyl (C=O) groups excluding carboxylic acids is 1. The van der Waals surface area contributed by atoms with Crippen LogP contribution in [0.5, 0.6) is 0 Å². The number of benzene rings is 1. The second kappa shape index (κ2) is 3.56. The molecule has 3 heteroatoms. The van der Waals surface area contributed by atoms with E-state index in [2.05, 4.69) is 0 Å². The molecule has 1 aliphatic carbocycles. The van der Waals surface area contributed by atoms with Crippen LogP contribution in [0.25, 0.3) is 0 Å². The number of hydrogen-bond donors (Lipinski definition) is 0. The molecule has 0 heterocycles. The first-order chi connectivity index (χ1) is 6.61. The summed E-state index contributed by atoms with van der Waals surface area (Å²) in [6, 6.07) is 5.58. The van der Waals surface area contributed by atoms with Crippen LogP contribution in [0.4, 0.5) is 0 Å². The Bertz CT molecular complexity index is 387. The van der Waals surface area contributed by atoms with Crippen molar-refractivity contribution < 1.29 is 4.79 Å². The Labute approximate surface area is 93.0 Å². The Kier molecular flexibility index (Phi) is 2.54. The fourth-order valence-electron chi connectivity index (χ4n) is 1.79. The van der Waals surface area contributed by atoms with Crippen molar-refractivity contribution in [1.82, 2.24) is 0 Å². The Balaban J connectivity index is 2.27. The minimum atomic E-state index is 0.158. The third kappa shape index (κ3) is 1.67. The van der Waals surface area contributed by atoms with Gasteiger partial charge in [0.15, 0.2) is 0 Å². The molecule has 0 amide bonds. The van der Waals surface area contributed by atoms with E-state index in [1.165, 1.54) is 0 Å². The molecule has 74 valence electrons. The number of Topliss-reactive ketones (excluding diaryl/α,β-unsaturated/α-hetero) is 1. The molecule has 0 unspecified atom stereocenters. The quantitative estimate of drug-likeness (QED) is 0.755. The average molecular weight is 229 g/mol. The van der Waals surface area contributed by atoms with E-state index in [0.717, 1.165) is 12.0 Å². The molecule has 0 spiro atoms. The van der Waals surface area contributed by atoms with Gasteiger partial charge in [0.25, 0.3) is 0 Å². The largest absolute Gasteiger partial charge is 0.300 e. The van der Waals surface area contributed by atoms with Crippen LogP contribution in [-0.4, -0.2) is 5.78 Å². The van der Waals surface area contributed by atoms with Gasteiger partial charge in [-0.15, -0.1) is 0 Å². The van der Waals surface area contributed by atoms with Crippen molar-refractivity contribution in [2.75, 3.05) is 0 Å². The van der Waals surface area contributed by atoms with E-state index >= 15 is 0 Å². The maximum absolute atomic E-state index is 11.1. The van der Waals surface area contributed by atoms with Crippen molar-refractivity contribution in [3.05, 3.63) is 33.8 Å². The molecule has 0 aromatic heterocycles. The van der Waals surface area contributed by atoms with Gasteiger partial charge >= 0.3 is 0 Å². The topological polar surface area (TPSA) is 17.1 Å². The number of halogens is 2. The highest BCUT2D eigenvalue weighted by atomic mass is 35.5. The van der Waals surface area contributed by atoms with E-state index in [4.69, 9.17) is 23.2 Å². The van der Waals surface area contributed by atoms with Crippen LogP contribution in [0.2, 0.25) is 10.0 Å². The summed E-state index contributed by atoms with van der Waals surface area (Å²) in [5.41, 5.74) is 1.01. The summed E-state index contributed by atoms with van der Waals surface area (Å²) in [7, 11) is 0. The molecule has 1 aromatic carbocycles. The van der Waals surface area contributed by atoms with Crippen LogP contribution in [0.15, 0.2) is 18.2 Å². The van der Waals surface area contributed by atoms with Gasteiger partial charge < -0.3 is 0 Å². The van der Waals surface area contributed by atoms with Gasteiger partial charge in [-0.25, -0.2) is 0 Å².